The van der Waals surface area contributed by atoms with Gasteiger partial charge in [-0.1, -0.05) is 0 Å². The third kappa shape index (κ3) is 1.74. The van der Waals surface area contributed by atoms with Crippen molar-refractivity contribution in [2.24, 2.45) is 5.73 Å². The molecule has 0 aromatic carbocycles. The first-order valence-electron chi connectivity index (χ1n) is 2.74. The Hall–Kier alpha value is -0.670. The van der Waals surface area contributed by atoms with Crippen LogP contribution in [-0.4, -0.2) is 24.1 Å². The maximum atomic E-state index is 11.5. The molecule has 0 rings (SSSR count). The largest absolute Gasteiger partial charge is 0.424 e. The average molecular weight is 235 g/mol. The fraction of sp³-hybridized carbons (Fsp3) is 1.00. The monoisotopic (exact) mass is 235 g/mol. The molecule has 86 valence electrons. The van der Waals surface area contributed by atoms with E-state index >= 15 is 0 Å². The van der Waals surface area contributed by atoms with E-state index in [1.54, 1.807) is 0 Å². The number of alkyl halides is 9. The summed E-state index contributed by atoms with van der Waals surface area (Å²) in [6, 6.07) is 0. The third-order valence-corrected chi connectivity index (χ3v) is 1.34. The predicted octanol–water partition coefficient (Wildman–Crippen LogP) is 2.37. The van der Waals surface area contributed by atoms with Crippen molar-refractivity contribution in [3.05, 3.63) is 0 Å². The average Bonchev–Trinajstić information content (AvgIpc) is 1.77. The van der Waals surface area contributed by atoms with Crippen LogP contribution >= 0.6 is 0 Å². The van der Waals surface area contributed by atoms with Crippen LogP contribution < -0.4 is 5.73 Å². The lowest BCUT2D eigenvalue weighted by atomic mass is 9.99. The summed E-state index contributed by atoms with van der Waals surface area (Å²) in [5.41, 5.74) is -2.83. The summed E-state index contributed by atoms with van der Waals surface area (Å²) in [7, 11) is 0. The van der Waals surface area contributed by atoms with E-state index in [4.69, 9.17) is 0 Å². The van der Waals surface area contributed by atoms with Crippen molar-refractivity contribution in [3.63, 3.8) is 0 Å². The number of rotatable bonds is 0. The maximum absolute atomic E-state index is 11.5. The summed E-state index contributed by atoms with van der Waals surface area (Å²) < 4.78 is 104. The lowest BCUT2D eigenvalue weighted by Crippen LogP contribution is -2.72. The molecule has 0 heterocycles. The molecule has 1 nitrogen and oxygen atoms in total. The van der Waals surface area contributed by atoms with E-state index < -0.39 is 24.1 Å². The molecule has 0 aliphatic heterocycles. The van der Waals surface area contributed by atoms with Crippen LogP contribution in [0.1, 0.15) is 0 Å². The Morgan fingerprint density at radius 1 is 0.500 bits per heavy atom. The van der Waals surface area contributed by atoms with Gasteiger partial charge in [-0.25, -0.2) is 0 Å². The second-order valence-corrected chi connectivity index (χ2v) is 2.30. The van der Waals surface area contributed by atoms with E-state index in [1.807, 2.05) is 0 Å². The van der Waals surface area contributed by atoms with Gasteiger partial charge < -0.3 is 5.73 Å². The minimum Gasteiger partial charge on any atom is -0.302 e. The quantitative estimate of drug-likeness (QED) is 0.641. The molecule has 0 bridgehead atoms. The Morgan fingerprint density at radius 2 is 0.643 bits per heavy atom. The lowest BCUT2D eigenvalue weighted by Gasteiger charge is -2.34. The van der Waals surface area contributed by atoms with E-state index in [-0.39, 0.29) is 0 Å². The van der Waals surface area contributed by atoms with Crippen LogP contribution in [0.25, 0.3) is 0 Å². The summed E-state index contributed by atoms with van der Waals surface area (Å²) in [6.07, 6.45) is -19.9. The SMILES string of the molecule is NC(C(F)(F)F)(C(F)(F)F)C(F)(F)F. The molecule has 10 heteroatoms. The highest BCUT2D eigenvalue weighted by Crippen LogP contribution is 2.50. The lowest BCUT2D eigenvalue weighted by molar-refractivity contribution is -0.378. The van der Waals surface area contributed by atoms with Gasteiger partial charge in [0.05, 0.1) is 0 Å². The summed E-state index contributed by atoms with van der Waals surface area (Å²) in [5, 5.41) is 0. The number of nitrogens with two attached hydrogens (primary N) is 1. The zero-order valence-electron chi connectivity index (χ0n) is 5.98. The van der Waals surface area contributed by atoms with E-state index in [0.717, 1.165) is 0 Å². The molecular weight excluding hydrogens is 233 g/mol. The standard InChI is InChI=1S/C4H2F9N/c5-2(6,7)1(14,3(8,9)10)4(11,12)13/h14H2. The minimum atomic E-state index is -6.65. The Bertz CT molecular complexity index is 170. The first-order chi connectivity index (χ1) is 5.75. The van der Waals surface area contributed by atoms with Crippen LogP contribution in [0.4, 0.5) is 39.5 Å². The van der Waals surface area contributed by atoms with Gasteiger partial charge in [0.15, 0.2) is 0 Å². The third-order valence-electron chi connectivity index (χ3n) is 1.34. The number of halogens is 9. The van der Waals surface area contributed by atoms with Crippen molar-refractivity contribution in [2.45, 2.75) is 24.1 Å². The van der Waals surface area contributed by atoms with E-state index in [9.17, 15) is 39.5 Å². The molecule has 0 aliphatic rings. The maximum Gasteiger partial charge on any atom is 0.424 e. The molecule has 0 fully saturated rings. The molecule has 14 heavy (non-hydrogen) atoms. The fourth-order valence-electron chi connectivity index (χ4n) is 0.482. The van der Waals surface area contributed by atoms with Crippen molar-refractivity contribution in [2.75, 3.05) is 0 Å². The van der Waals surface area contributed by atoms with Gasteiger partial charge in [0.25, 0.3) is 0 Å². The molecule has 0 aromatic heterocycles. The van der Waals surface area contributed by atoms with Gasteiger partial charge in [-0.15, -0.1) is 0 Å². The highest BCUT2D eigenvalue weighted by Gasteiger charge is 2.81. The van der Waals surface area contributed by atoms with Gasteiger partial charge in [-0.3, -0.25) is 0 Å². The van der Waals surface area contributed by atoms with Crippen molar-refractivity contribution in [1.82, 2.24) is 0 Å². The molecule has 0 unspecified atom stereocenters. The molecule has 2 N–H and O–H groups in total. The van der Waals surface area contributed by atoms with E-state index in [0.29, 0.717) is 0 Å². The Labute approximate surface area is 70.7 Å². The van der Waals surface area contributed by atoms with Crippen LogP contribution in [0, 0.1) is 0 Å². The van der Waals surface area contributed by atoms with Gasteiger partial charge in [0, 0.05) is 0 Å². The summed E-state index contributed by atoms with van der Waals surface area (Å²) in [6.45, 7) is 0. The Kier molecular flexibility index (Phi) is 2.77. The van der Waals surface area contributed by atoms with E-state index in [1.165, 1.54) is 0 Å². The predicted molar refractivity (Wildman–Crippen MR) is 25.1 cm³/mol. The van der Waals surface area contributed by atoms with Crippen molar-refractivity contribution in [1.29, 1.82) is 0 Å². The smallest absolute Gasteiger partial charge is 0.302 e. The Morgan fingerprint density at radius 3 is 0.643 bits per heavy atom. The normalized spacial score (nSPS) is 15.9. The molecule has 0 radical (unpaired) electrons. The molecule has 0 amide bonds. The van der Waals surface area contributed by atoms with Gasteiger partial charge >= 0.3 is 24.1 Å². The zero-order valence-corrected chi connectivity index (χ0v) is 5.98. The van der Waals surface area contributed by atoms with Crippen molar-refractivity contribution >= 4 is 0 Å². The molecular formula is C4H2F9N. The second kappa shape index (κ2) is 2.91. The van der Waals surface area contributed by atoms with Gasteiger partial charge in [-0.2, -0.15) is 39.5 Å². The summed E-state index contributed by atoms with van der Waals surface area (Å²) in [4.78, 5) is 0. The number of hydrogen-bond donors (Lipinski definition) is 1. The minimum absolute atomic E-state index is 3.35. The van der Waals surface area contributed by atoms with Crippen LogP contribution in [0.5, 0.6) is 0 Å². The first-order valence-corrected chi connectivity index (χ1v) is 2.74. The van der Waals surface area contributed by atoms with Gasteiger partial charge in [0.2, 0.25) is 0 Å². The van der Waals surface area contributed by atoms with Gasteiger partial charge in [-0.05, 0) is 0 Å². The molecule has 0 saturated heterocycles. The highest BCUT2D eigenvalue weighted by atomic mass is 19.4. The van der Waals surface area contributed by atoms with Crippen molar-refractivity contribution in [3.8, 4) is 0 Å². The van der Waals surface area contributed by atoms with Crippen LogP contribution in [0.3, 0.4) is 0 Å². The highest BCUT2D eigenvalue weighted by molar-refractivity contribution is 5.04. The van der Waals surface area contributed by atoms with Gasteiger partial charge in [0.1, 0.15) is 0 Å². The topological polar surface area (TPSA) is 26.0 Å². The molecule has 0 atom stereocenters. The summed E-state index contributed by atoms with van der Waals surface area (Å²) >= 11 is 0. The molecule has 0 aliphatic carbocycles. The molecule has 0 aromatic rings. The Balaban J connectivity index is 5.54. The fourth-order valence-corrected chi connectivity index (χ4v) is 0.482. The van der Waals surface area contributed by atoms with E-state index in [2.05, 4.69) is 5.73 Å². The van der Waals surface area contributed by atoms with Crippen LogP contribution in [-0.2, 0) is 0 Å². The first kappa shape index (κ1) is 13.3. The summed E-state index contributed by atoms with van der Waals surface area (Å²) in [5.74, 6) is 0. The molecule has 0 saturated carbocycles. The van der Waals surface area contributed by atoms with Crippen molar-refractivity contribution < 1.29 is 39.5 Å². The number of hydrogen-bond acceptors (Lipinski definition) is 1. The van der Waals surface area contributed by atoms with Crippen LogP contribution in [0.15, 0.2) is 0 Å². The second-order valence-electron chi connectivity index (χ2n) is 2.30. The zero-order chi connectivity index (χ0) is 12.0. The molecule has 0 spiro atoms. The van der Waals surface area contributed by atoms with Crippen LogP contribution in [0.2, 0.25) is 0 Å².